The minimum absolute atomic E-state index is 0.0410. The number of halogens is 2. The fourth-order valence-corrected chi connectivity index (χ4v) is 2.77. The minimum atomic E-state index is 0.0410. The molecule has 21 heavy (non-hydrogen) atoms. The first kappa shape index (κ1) is 16.4. The summed E-state index contributed by atoms with van der Waals surface area (Å²) >= 11 is 8.45. The fourth-order valence-electron chi connectivity index (χ4n) is 2.25. The van der Waals surface area contributed by atoms with Gasteiger partial charge in [0.2, 0.25) is 0 Å². The topological polar surface area (TPSA) is 30.5 Å². The van der Waals surface area contributed by atoms with Crippen LogP contribution in [-0.2, 0) is 0 Å². The molecule has 0 fully saturated rings. The second-order valence-electron chi connectivity index (χ2n) is 4.51. The molecule has 1 atom stereocenters. The van der Waals surface area contributed by atoms with Gasteiger partial charge in [-0.2, -0.15) is 0 Å². The van der Waals surface area contributed by atoms with Crippen LogP contribution < -0.4 is 14.8 Å². The molecule has 2 aromatic carbocycles. The van der Waals surface area contributed by atoms with Crippen molar-refractivity contribution >= 4 is 34.2 Å². The van der Waals surface area contributed by atoms with E-state index in [1.54, 1.807) is 14.2 Å². The van der Waals surface area contributed by atoms with Crippen LogP contribution >= 0.6 is 34.2 Å². The first-order valence-corrected chi connectivity index (χ1v) is 7.90. The van der Waals surface area contributed by atoms with Gasteiger partial charge in [-0.05, 0) is 65.0 Å². The zero-order chi connectivity index (χ0) is 15.4. The molecule has 112 valence electrons. The lowest BCUT2D eigenvalue weighted by Gasteiger charge is -2.19. The molecular weight excluding hydrogens is 401 g/mol. The Kier molecular flexibility index (Phi) is 5.72. The SMILES string of the molecule is CNC(c1ccc(I)c(Cl)c1)c1ccc(OC)c(OC)c1. The zero-order valence-electron chi connectivity index (χ0n) is 12.1. The highest BCUT2D eigenvalue weighted by Gasteiger charge is 2.15. The van der Waals surface area contributed by atoms with Crippen molar-refractivity contribution in [2.24, 2.45) is 0 Å². The summed E-state index contributed by atoms with van der Waals surface area (Å²) in [5.74, 6) is 1.43. The van der Waals surface area contributed by atoms with Crippen LogP contribution in [0.1, 0.15) is 17.2 Å². The molecule has 0 saturated heterocycles. The zero-order valence-corrected chi connectivity index (χ0v) is 15.0. The quantitative estimate of drug-likeness (QED) is 0.737. The highest BCUT2D eigenvalue weighted by Crippen LogP contribution is 2.33. The van der Waals surface area contributed by atoms with Crippen molar-refractivity contribution in [3.8, 4) is 11.5 Å². The van der Waals surface area contributed by atoms with Crippen LogP contribution in [0.3, 0.4) is 0 Å². The van der Waals surface area contributed by atoms with Gasteiger partial charge in [-0.1, -0.05) is 23.7 Å². The second-order valence-corrected chi connectivity index (χ2v) is 6.08. The maximum Gasteiger partial charge on any atom is 0.161 e. The maximum absolute atomic E-state index is 6.23. The van der Waals surface area contributed by atoms with Gasteiger partial charge < -0.3 is 14.8 Å². The van der Waals surface area contributed by atoms with E-state index in [0.717, 1.165) is 25.5 Å². The van der Waals surface area contributed by atoms with E-state index in [-0.39, 0.29) is 6.04 Å². The summed E-state index contributed by atoms with van der Waals surface area (Å²) in [6.45, 7) is 0. The molecule has 1 unspecified atom stereocenters. The van der Waals surface area contributed by atoms with Crippen molar-refractivity contribution in [3.05, 3.63) is 56.1 Å². The van der Waals surface area contributed by atoms with E-state index in [4.69, 9.17) is 21.1 Å². The highest BCUT2D eigenvalue weighted by molar-refractivity contribution is 14.1. The number of hydrogen-bond donors (Lipinski definition) is 1. The van der Waals surface area contributed by atoms with Gasteiger partial charge in [0.1, 0.15) is 0 Å². The molecule has 0 aromatic heterocycles. The highest BCUT2D eigenvalue weighted by atomic mass is 127. The van der Waals surface area contributed by atoms with Gasteiger partial charge in [0, 0.05) is 3.57 Å². The fraction of sp³-hybridized carbons (Fsp3) is 0.250. The Labute approximate surface area is 143 Å². The molecule has 0 spiro atoms. The van der Waals surface area contributed by atoms with Crippen molar-refractivity contribution in [3.63, 3.8) is 0 Å². The Morgan fingerprint density at radius 2 is 1.62 bits per heavy atom. The van der Waals surface area contributed by atoms with Crippen LogP contribution in [-0.4, -0.2) is 21.3 Å². The van der Waals surface area contributed by atoms with Crippen LogP contribution in [0.25, 0.3) is 0 Å². The van der Waals surface area contributed by atoms with E-state index in [2.05, 4.69) is 34.0 Å². The molecule has 3 nitrogen and oxygen atoms in total. The summed E-state index contributed by atoms with van der Waals surface area (Å²) < 4.78 is 11.7. The molecule has 0 radical (unpaired) electrons. The first-order chi connectivity index (χ1) is 10.1. The van der Waals surface area contributed by atoms with Crippen molar-refractivity contribution in [1.29, 1.82) is 0 Å². The predicted molar refractivity (Wildman–Crippen MR) is 94.6 cm³/mol. The van der Waals surface area contributed by atoms with Gasteiger partial charge in [0.25, 0.3) is 0 Å². The van der Waals surface area contributed by atoms with Crippen molar-refractivity contribution < 1.29 is 9.47 Å². The van der Waals surface area contributed by atoms with Gasteiger partial charge in [0.15, 0.2) is 11.5 Å². The molecule has 0 aliphatic carbocycles. The van der Waals surface area contributed by atoms with E-state index in [9.17, 15) is 0 Å². The van der Waals surface area contributed by atoms with Crippen LogP contribution in [0, 0.1) is 3.57 Å². The third kappa shape index (κ3) is 3.62. The monoisotopic (exact) mass is 417 g/mol. The summed E-state index contributed by atoms with van der Waals surface area (Å²) in [4.78, 5) is 0. The van der Waals surface area contributed by atoms with E-state index >= 15 is 0 Å². The van der Waals surface area contributed by atoms with Crippen molar-refractivity contribution in [2.75, 3.05) is 21.3 Å². The number of ether oxygens (including phenoxy) is 2. The number of hydrogen-bond acceptors (Lipinski definition) is 3. The Morgan fingerprint density at radius 1 is 1.00 bits per heavy atom. The Morgan fingerprint density at radius 3 is 2.19 bits per heavy atom. The van der Waals surface area contributed by atoms with Crippen LogP contribution in [0.15, 0.2) is 36.4 Å². The van der Waals surface area contributed by atoms with Gasteiger partial charge in [-0.25, -0.2) is 0 Å². The Hall–Kier alpha value is -0.980. The predicted octanol–water partition coefficient (Wildman–Crippen LogP) is 4.27. The van der Waals surface area contributed by atoms with Crippen LogP contribution in [0.4, 0.5) is 0 Å². The third-order valence-corrected chi connectivity index (χ3v) is 4.88. The second kappa shape index (κ2) is 7.33. The van der Waals surface area contributed by atoms with Crippen LogP contribution in [0.5, 0.6) is 11.5 Å². The standard InChI is InChI=1S/C16H17ClINO2/c1-19-16(10-4-6-13(18)12(17)8-10)11-5-7-14(20-2)15(9-11)21-3/h4-9,16,19H,1-3H3. The Balaban J connectivity index is 2.43. The number of benzene rings is 2. The lowest BCUT2D eigenvalue weighted by atomic mass is 9.98. The third-order valence-electron chi connectivity index (χ3n) is 3.31. The molecule has 0 bridgehead atoms. The smallest absolute Gasteiger partial charge is 0.161 e. The number of methoxy groups -OCH3 is 2. The lowest BCUT2D eigenvalue weighted by molar-refractivity contribution is 0.354. The van der Waals surface area contributed by atoms with E-state index in [1.807, 2.05) is 37.4 Å². The first-order valence-electron chi connectivity index (χ1n) is 6.44. The summed E-state index contributed by atoms with van der Waals surface area (Å²) in [7, 11) is 5.19. The lowest BCUT2D eigenvalue weighted by Crippen LogP contribution is -2.17. The largest absolute Gasteiger partial charge is 0.493 e. The Bertz CT molecular complexity index is 634. The van der Waals surface area contributed by atoms with Crippen LogP contribution in [0.2, 0.25) is 5.02 Å². The summed E-state index contributed by atoms with van der Waals surface area (Å²) in [6.07, 6.45) is 0. The molecule has 0 heterocycles. The summed E-state index contributed by atoms with van der Waals surface area (Å²) in [6, 6.07) is 12.0. The van der Waals surface area contributed by atoms with E-state index in [1.165, 1.54) is 0 Å². The summed E-state index contributed by atoms with van der Waals surface area (Å²) in [5, 5.41) is 4.07. The average Bonchev–Trinajstić information content (AvgIpc) is 2.51. The maximum atomic E-state index is 6.23. The van der Waals surface area contributed by atoms with Gasteiger partial charge in [0.05, 0.1) is 25.3 Å². The number of nitrogens with one attached hydrogen (secondary N) is 1. The van der Waals surface area contributed by atoms with Gasteiger partial charge >= 0.3 is 0 Å². The van der Waals surface area contributed by atoms with E-state index in [0.29, 0.717) is 5.75 Å². The van der Waals surface area contributed by atoms with Gasteiger partial charge in [-0.15, -0.1) is 0 Å². The van der Waals surface area contributed by atoms with Gasteiger partial charge in [-0.3, -0.25) is 0 Å². The molecule has 2 aromatic rings. The average molecular weight is 418 g/mol. The number of rotatable bonds is 5. The molecule has 0 aliphatic rings. The normalized spacial score (nSPS) is 12.0. The van der Waals surface area contributed by atoms with Crippen molar-refractivity contribution in [1.82, 2.24) is 5.32 Å². The molecule has 0 aliphatic heterocycles. The molecule has 0 saturated carbocycles. The molecular formula is C16H17ClINO2. The molecule has 5 heteroatoms. The molecule has 1 N–H and O–H groups in total. The molecule has 2 rings (SSSR count). The minimum Gasteiger partial charge on any atom is -0.493 e. The summed E-state index contributed by atoms with van der Waals surface area (Å²) in [5.41, 5.74) is 2.20. The van der Waals surface area contributed by atoms with Crippen molar-refractivity contribution in [2.45, 2.75) is 6.04 Å². The molecule has 0 amide bonds. The van der Waals surface area contributed by atoms with E-state index < -0.39 is 0 Å².